The molecule has 0 bridgehead atoms. The quantitative estimate of drug-likeness (QED) is 0.0589. The number of carbonyl (C=O) groups is 3. The number of carbonyl (C=O) groups excluding carboxylic acids is 3. The first-order chi connectivity index (χ1) is 35.0. The van der Waals surface area contributed by atoms with E-state index in [1.54, 1.807) is 37.7 Å². The van der Waals surface area contributed by atoms with Crippen LogP contribution in [0.25, 0.3) is 55.2 Å². The number of likely N-dealkylation sites (N-methyl/N-ethyl adjacent to an activating group) is 1. The molecule has 2 aliphatic carbocycles. The number of rotatable bonds is 19. The van der Waals surface area contributed by atoms with Crippen molar-refractivity contribution in [3.8, 4) is 28.1 Å². The highest BCUT2D eigenvalue weighted by molar-refractivity contribution is 6.12. The molecule has 0 spiro atoms. The maximum atomic E-state index is 14.5. The van der Waals surface area contributed by atoms with Gasteiger partial charge in [0.15, 0.2) is 17.9 Å². The van der Waals surface area contributed by atoms with Gasteiger partial charge in [0, 0.05) is 89.7 Å². The van der Waals surface area contributed by atoms with Crippen molar-refractivity contribution < 1.29 is 23.8 Å². The number of hydrogen-bond donors (Lipinski definition) is 4. The van der Waals surface area contributed by atoms with Gasteiger partial charge in [-0.05, 0) is 118 Å². The number of nitrogens with zero attached hydrogens (tertiary/aromatic N) is 9. The molecule has 5 heterocycles. The molecule has 72 heavy (non-hydrogen) atoms. The number of hydrogen-bond acceptors (Lipinski definition) is 9. The van der Waals surface area contributed by atoms with Crippen LogP contribution >= 0.6 is 0 Å². The van der Waals surface area contributed by atoms with Gasteiger partial charge in [-0.25, -0.2) is 9.97 Å². The number of amides is 3. The van der Waals surface area contributed by atoms with E-state index in [1.807, 2.05) is 115 Å². The average molecular weight is 965 g/mol. The van der Waals surface area contributed by atoms with Crippen LogP contribution in [0.2, 0.25) is 0 Å². The normalized spacial score (nSPS) is 14.1. The van der Waals surface area contributed by atoms with Crippen molar-refractivity contribution in [1.29, 1.82) is 0 Å². The SMILES string of the molecule is COc1cccc(CN(CCN(C)C)C(=O)c2[nH][n+](CC3CC3)c3cc(-c4cnn(CC(C)NC(=O)c5cccc(NC(=O)c6nn(CC7CC7)c7cc(-c8ncnc9[nH]ccc89)ccc67)c5)c4)ccc23)c1. The summed E-state index contributed by atoms with van der Waals surface area (Å²) in [5.74, 6) is 1.17. The van der Waals surface area contributed by atoms with Crippen molar-refractivity contribution in [3.63, 3.8) is 0 Å². The molecular weight excluding hydrogens is 907 g/mol. The summed E-state index contributed by atoms with van der Waals surface area (Å²) in [5.41, 5.74) is 8.98. The Labute approximate surface area is 416 Å². The highest BCUT2D eigenvalue weighted by atomic mass is 16.5. The first-order valence-electron chi connectivity index (χ1n) is 24.7. The second-order valence-electron chi connectivity index (χ2n) is 19.7. The number of aromatic amines is 2. The van der Waals surface area contributed by atoms with Crippen LogP contribution in [0.1, 0.15) is 69.5 Å². The molecule has 0 radical (unpaired) electrons. The Morgan fingerprint density at radius 1 is 0.861 bits per heavy atom. The fourth-order valence-electron chi connectivity index (χ4n) is 9.44. The summed E-state index contributed by atoms with van der Waals surface area (Å²) < 4.78 is 11.4. The summed E-state index contributed by atoms with van der Waals surface area (Å²) in [6, 6.07) is 28.6. The van der Waals surface area contributed by atoms with Crippen LogP contribution in [0.4, 0.5) is 5.69 Å². The zero-order valence-electron chi connectivity index (χ0n) is 40.9. The zero-order valence-corrected chi connectivity index (χ0v) is 40.9. The third-order valence-electron chi connectivity index (χ3n) is 13.7. The molecule has 4 N–H and O–H groups in total. The molecule has 1 unspecified atom stereocenters. The Bertz CT molecular complexity index is 3490. The van der Waals surface area contributed by atoms with E-state index in [1.165, 1.54) is 12.8 Å². The molecule has 3 amide bonds. The lowest BCUT2D eigenvalue weighted by atomic mass is 10.1. The minimum absolute atomic E-state index is 0.0541. The van der Waals surface area contributed by atoms with Crippen LogP contribution in [-0.4, -0.2) is 107 Å². The number of aromatic nitrogens is 9. The maximum absolute atomic E-state index is 14.5. The molecule has 1 atom stereocenters. The second-order valence-corrected chi connectivity index (χ2v) is 19.7. The van der Waals surface area contributed by atoms with Gasteiger partial charge in [-0.1, -0.05) is 30.3 Å². The molecular formula is C55H58N13O4+. The van der Waals surface area contributed by atoms with Crippen molar-refractivity contribution in [3.05, 3.63) is 138 Å². The lowest BCUT2D eigenvalue weighted by molar-refractivity contribution is -0.729. The van der Waals surface area contributed by atoms with Crippen LogP contribution in [0.15, 0.2) is 116 Å². The van der Waals surface area contributed by atoms with Crippen molar-refractivity contribution in [1.82, 2.24) is 54.7 Å². The molecule has 2 fully saturated rings. The molecule has 9 aromatic rings. The summed E-state index contributed by atoms with van der Waals surface area (Å²) in [6.07, 6.45) is 11.8. The molecule has 0 aliphatic heterocycles. The summed E-state index contributed by atoms with van der Waals surface area (Å²) in [6.45, 7) is 5.63. The summed E-state index contributed by atoms with van der Waals surface area (Å²) in [5, 5.41) is 21.7. The van der Waals surface area contributed by atoms with Gasteiger partial charge in [-0.3, -0.25) is 23.7 Å². The highest BCUT2D eigenvalue weighted by Gasteiger charge is 2.33. The Balaban J connectivity index is 0.764. The third-order valence-corrected chi connectivity index (χ3v) is 13.7. The molecule has 11 rings (SSSR count). The minimum Gasteiger partial charge on any atom is -0.497 e. The predicted octanol–water partition coefficient (Wildman–Crippen LogP) is 7.71. The van der Waals surface area contributed by atoms with Crippen LogP contribution in [0, 0.1) is 11.8 Å². The molecule has 5 aromatic heterocycles. The van der Waals surface area contributed by atoms with E-state index in [2.05, 4.69) is 51.4 Å². The van der Waals surface area contributed by atoms with E-state index in [0.717, 1.165) is 99.0 Å². The largest absolute Gasteiger partial charge is 0.497 e. The Morgan fingerprint density at radius 2 is 1.68 bits per heavy atom. The molecule has 2 aliphatic rings. The van der Waals surface area contributed by atoms with E-state index in [4.69, 9.17) is 9.84 Å². The smallest absolute Gasteiger partial charge is 0.277 e. The van der Waals surface area contributed by atoms with Crippen LogP contribution in [-0.2, 0) is 26.2 Å². The van der Waals surface area contributed by atoms with Gasteiger partial charge >= 0.3 is 0 Å². The highest BCUT2D eigenvalue weighted by Crippen LogP contribution is 2.35. The molecule has 4 aromatic carbocycles. The number of anilines is 1. The summed E-state index contributed by atoms with van der Waals surface area (Å²) in [7, 11) is 5.68. The maximum Gasteiger partial charge on any atom is 0.277 e. The number of H-pyrrole nitrogens is 2. The molecule has 17 heteroatoms. The van der Waals surface area contributed by atoms with Crippen LogP contribution in [0.5, 0.6) is 5.75 Å². The van der Waals surface area contributed by atoms with Gasteiger partial charge < -0.3 is 30.2 Å². The lowest BCUT2D eigenvalue weighted by Crippen LogP contribution is -2.40. The summed E-state index contributed by atoms with van der Waals surface area (Å²) >= 11 is 0. The standard InChI is InChI=1S/C55H57N13O4/c1-34(60-53(69)40-8-6-9-42(24-40)61-54(70)50-44-18-16-39(26-48(44)67(62-50)30-35-11-12-35)49-46-19-20-56-52(46)58-33-57-49)28-66-32-41(27-59-66)38-15-17-45-47(25-38)68(31-36-13-14-36)63-51(45)55(71)65(22-21-64(2)3)29-37-7-5-10-43(23-37)72-4/h5-10,15-20,23-27,32-36H,11-14,21-22,28-31H2,1-4H3,(H3,56,57,58,60,61,62,69,70)/p+1. The van der Waals surface area contributed by atoms with Gasteiger partial charge in [0.25, 0.3) is 17.7 Å². The molecule has 366 valence electrons. The first kappa shape index (κ1) is 46.2. The van der Waals surface area contributed by atoms with E-state index < -0.39 is 0 Å². The fraction of sp³-hybridized carbons (Fsp3) is 0.309. The van der Waals surface area contributed by atoms with Gasteiger partial charge in [-0.15, -0.1) is 4.68 Å². The molecule has 17 nitrogen and oxygen atoms in total. The first-order valence-corrected chi connectivity index (χ1v) is 24.7. The lowest BCUT2D eigenvalue weighted by Gasteiger charge is -2.24. The zero-order chi connectivity index (χ0) is 49.5. The number of fused-ring (bicyclic) bond motifs is 3. The van der Waals surface area contributed by atoms with Crippen molar-refractivity contribution >= 4 is 56.2 Å². The van der Waals surface area contributed by atoms with Crippen molar-refractivity contribution in [2.75, 3.05) is 39.6 Å². The fourth-order valence-corrected chi connectivity index (χ4v) is 9.44. The predicted molar refractivity (Wildman–Crippen MR) is 275 cm³/mol. The third kappa shape index (κ3) is 9.92. The molecule has 2 saturated carbocycles. The Kier molecular flexibility index (Phi) is 12.5. The van der Waals surface area contributed by atoms with E-state index >= 15 is 0 Å². The van der Waals surface area contributed by atoms with Crippen molar-refractivity contribution in [2.24, 2.45) is 11.8 Å². The van der Waals surface area contributed by atoms with Gasteiger partial charge in [0.2, 0.25) is 5.52 Å². The van der Waals surface area contributed by atoms with E-state index in [0.29, 0.717) is 54.1 Å². The summed E-state index contributed by atoms with van der Waals surface area (Å²) in [4.78, 5) is 58.2. The number of nitrogens with one attached hydrogen (secondary N) is 4. The second kappa shape index (κ2) is 19.5. The topological polar surface area (TPSA) is 188 Å². The van der Waals surface area contributed by atoms with E-state index in [-0.39, 0.29) is 23.8 Å². The van der Waals surface area contributed by atoms with Crippen LogP contribution in [0.3, 0.4) is 0 Å². The van der Waals surface area contributed by atoms with E-state index in [9.17, 15) is 14.4 Å². The molecule has 0 saturated heterocycles. The average Bonchev–Trinajstić information content (AvgIpc) is 4.18. The van der Waals surface area contributed by atoms with Gasteiger partial charge in [0.05, 0.1) is 36.4 Å². The van der Waals surface area contributed by atoms with Gasteiger partial charge in [-0.2, -0.15) is 15.3 Å². The monoisotopic (exact) mass is 964 g/mol. The van der Waals surface area contributed by atoms with Crippen molar-refractivity contribution in [2.45, 2.75) is 64.8 Å². The Hall–Kier alpha value is -8.18. The number of methoxy groups -OCH3 is 1. The van der Waals surface area contributed by atoms with Gasteiger partial charge in [0.1, 0.15) is 17.7 Å². The number of benzene rings is 4. The van der Waals surface area contributed by atoms with Crippen LogP contribution < -0.4 is 20.1 Å². The number of ether oxygens (including phenoxy) is 1. The Morgan fingerprint density at radius 3 is 2.50 bits per heavy atom. The minimum atomic E-state index is -0.358.